The van der Waals surface area contributed by atoms with Crippen molar-refractivity contribution in [3.05, 3.63) is 93.7 Å². The van der Waals surface area contributed by atoms with Gasteiger partial charge in [0.2, 0.25) is 0 Å². The highest BCUT2D eigenvalue weighted by molar-refractivity contribution is 5.83. The Balaban J connectivity index is 1.34. The van der Waals surface area contributed by atoms with Gasteiger partial charge in [0.25, 0.3) is 0 Å². The molecule has 2 aliphatic heterocycles. The molecule has 3 aromatic carbocycles. The van der Waals surface area contributed by atoms with E-state index < -0.39 is 23.2 Å². The zero-order valence-corrected chi connectivity index (χ0v) is 24.2. The molecule has 0 radical (unpaired) electrons. The van der Waals surface area contributed by atoms with Crippen LogP contribution in [0.1, 0.15) is 29.2 Å². The van der Waals surface area contributed by atoms with Crippen LogP contribution < -0.4 is 15.3 Å². The lowest BCUT2D eigenvalue weighted by atomic mass is 10.1. The second-order valence-corrected chi connectivity index (χ2v) is 10.9. The fourth-order valence-corrected chi connectivity index (χ4v) is 6.17. The molecule has 0 aliphatic carbocycles. The molecule has 2 saturated heterocycles. The van der Waals surface area contributed by atoms with Gasteiger partial charge in [-0.3, -0.25) is 14.0 Å². The molecule has 0 N–H and O–H groups in total. The molecule has 1 aromatic heterocycles. The number of hydrogen-bond acceptors (Lipinski definition) is 5. The number of para-hydroxylation sites is 2. The van der Waals surface area contributed by atoms with Gasteiger partial charge in [0.15, 0.2) is 0 Å². The molecule has 0 spiro atoms. The lowest BCUT2D eigenvalue weighted by molar-refractivity contribution is -0.138. The molecule has 6 rings (SSSR count). The molecule has 230 valence electrons. The zero-order valence-electron chi connectivity index (χ0n) is 24.2. The van der Waals surface area contributed by atoms with Crippen molar-refractivity contribution in [2.45, 2.75) is 25.2 Å². The maximum atomic E-state index is 15.3. The van der Waals surface area contributed by atoms with Gasteiger partial charge in [0.05, 0.1) is 61.8 Å². The van der Waals surface area contributed by atoms with E-state index in [0.717, 1.165) is 19.2 Å². The molecule has 0 amide bonds. The molecule has 0 saturated carbocycles. The number of nitrogens with zero attached hydrogens (tertiary/aromatic N) is 4. The molecule has 1 atom stereocenters. The van der Waals surface area contributed by atoms with E-state index in [4.69, 9.17) is 9.47 Å². The van der Waals surface area contributed by atoms with Crippen molar-refractivity contribution in [1.29, 1.82) is 0 Å². The third-order valence-corrected chi connectivity index (χ3v) is 8.28. The summed E-state index contributed by atoms with van der Waals surface area (Å²) >= 11 is 0. The van der Waals surface area contributed by atoms with Gasteiger partial charge < -0.3 is 14.4 Å². The Labute approximate surface area is 252 Å². The monoisotopic (exact) mass is 608 g/mol. The summed E-state index contributed by atoms with van der Waals surface area (Å²) in [6.07, 6.45) is -4.04. The summed E-state index contributed by atoms with van der Waals surface area (Å²) in [5.74, 6) is 6.29. The lowest BCUT2D eigenvalue weighted by Crippen LogP contribution is -2.36. The predicted molar refractivity (Wildman–Crippen MR) is 160 cm³/mol. The first-order valence-electron chi connectivity index (χ1n) is 14.5. The van der Waals surface area contributed by atoms with Gasteiger partial charge in [0, 0.05) is 26.2 Å². The largest absolute Gasteiger partial charge is 0.494 e. The van der Waals surface area contributed by atoms with Crippen molar-refractivity contribution in [1.82, 2.24) is 14.0 Å². The lowest BCUT2D eigenvalue weighted by Gasteiger charge is -2.24. The average Bonchev–Trinajstić information content (AvgIpc) is 3.59. The third-order valence-electron chi connectivity index (χ3n) is 8.28. The molecule has 7 nitrogen and oxygen atoms in total. The van der Waals surface area contributed by atoms with E-state index in [-0.39, 0.29) is 18.2 Å². The van der Waals surface area contributed by atoms with Crippen molar-refractivity contribution in [2.24, 2.45) is 0 Å². The van der Waals surface area contributed by atoms with Crippen LogP contribution in [0.25, 0.3) is 11.0 Å². The van der Waals surface area contributed by atoms with Crippen LogP contribution >= 0.6 is 0 Å². The number of aromatic nitrogens is 2. The second-order valence-electron chi connectivity index (χ2n) is 10.9. The predicted octanol–water partition coefficient (Wildman–Crippen LogP) is 5.15. The number of hydrogen-bond donors (Lipinski definition) is 0. The van der Waals surface area contributed by atoms with Crippen LogP contribution in [0.4, 0.5) is 23.2 Å². The fraction of sp³-hybridized carbons (Fsp3) is 0.364. The molecular weight excluding hydrogens is 576 g/mol. The summed E-state index contributed by atoms with van der Waals surface area (Å²) in [5.41, 5.74) is 0.647. The first-order valence-corrected chi connectivity index (χ1v) is 14.5. The van der Waals surface area contributed by atoms with E-state index in [1.807, 2.05) is 4.90 Å². The topological polar surface area (TPSA) is 51.9 Å². The van der Waals surface area contributed by atoms with E-state index in [0.29, 0.717) is 67.3 Å². The van der Waals surface area contributed by atoms with Crippen LogP contribution in [0.5, 0.6) is 5.75 Å². The smallest absolute Gasteiger partial charge is 0.416 e. The molecule has 2 aliphatic rings. The van der Waals surface area contributed by atoms with E-state index in [2.05, 4.69) is 16.7 Å². The maximum Gasteiger partial charge on any atom is 0.416 e. The minimum absolute atomic E-state index is 0.0215. The minimum atomic E-state index is -4.57. The maximum absolute atomic E-state index is 15.3. The van der Waals surface area contributed by atoms with Crippen LogP contribution in [-0.4, -0.2) is 67.1 Å². The molecule has 0 bridgehead atoms. The van der Waals surface area contributed by atoms with Gasteiger partial charge in [-0.15, -0.1) is 0 Å². The zero-order chi connectivity index (χ0) is 30.8. The Hall–Kier alpha value is -4.27. The van der Waals surface area contributed by atoms with Gasteiger partial charge in [-0.25, -0.2) is 9.18 Å². The fourth-order valence-electron chi connectivity index (χ4n) is 6.17. The average molecular weight is 609 g/mol. The van der Waals surface area contributed by atoms with E-state index in [1.165, 1.54) is 35.9 Å². The second kappa shape index (κ2) is 12.4. The Morgan fingerprint density at radius 3 is 2.55 bits per heavy atom. The van der Waals surface area contributed by atoms with Crippen LogP contribution in [0.3, 0.4) is 0 Å². The van der Waals surface area contributed by atoms with Gasteiger partial charge >= 0.3 is 11.9 Å². The number of methoxy groups -OCH3 is 1. The summed E-state index contributed by atoms with van der Waals surface area (Å²) in [6, 6.07) is 14.9. The SMILES string of the molecule is COc1cccc2c1n(Cc1ccccc1C(F)(F)F)c(=O)n2C1CCN(c2c(F)cccc2C#CCN2CCOCC2)C1. The first kappa shape index (κ1) is 29.8. The summed E-state index contributed by atoms with van der Waals surface area (Å²) in [6.45, 7) is 4.00. The highest BCUT2D eigenvalue weighted by atomic mass is 19.4. The van der Waals surface area contributed by atoms with Gasteiger partial charge in [0.1, 0.15) is 17.1 Å². The minimum Gasteiger partial charge on any atom is -0.494 e. The Bertz CT molecular complexity index is 1780. The van der Waals surface area contributed by atoms with E-state index >= 15 is 4.39 Å². The van der Waals surface area contributed by atoms with Crippen LogP contribution in [0.2, 0.25) is 0 Å². The Morgan fingerprint density at radius 2 is 1.77 bits per heavy atom. The number of benzene rings is 3. The Kier molecular flexibility index (Phi) is 8.38. The number of morpholine rings is 1. The summed E-state index contributed by atoms with van der Waals surface area (Å²) in [7, 11) is 1.46. The summed E-state index contributed by atoms with van der Waals surface area (Å²) in [5, 5.41) is 0. The summed E-state index contributed by atoms with van der Waals surface area (Å²) < 4.78 is 70.7. The van der Waals surface area contributed by atoms with Crippen molar-refractivity contribution in [2.75, 3.05) is 57.9 Å². The highest BCUT2D eigenvalue weighted by Crippen LogP contribution is 2.36. The number of alkyl halides is 3. The molecule has 2 fully saturated rings. The number of ether oxygens (including phenoxy) is 2. The third kappa shape index (κ3) is 5.79. The van der Waals surface area contributed by atoms with Gasteiger partial charge in [-0.2, -0.15) is 13.2 Å². The molecule has 44 heavy (non-hydrogen) atoms. The van der Waals surface area contributed by atoms with Crippen molar-refractivity contribution < 1.29 is 27.0 Å². The van der Waals surface area contributed by atoms with Gasteiger partial charge in [-0.05, 0) is 42.3 Å². The standard InChI is InChI=1S/C33H32F4N4O3/c1-43-29-13-5-12-28-31(29)40(21-24-7-2-3-10-26(24)33(35,36)37)32(42)41(28)25-14-16-39(22-25)30-23(8-4-11-27(30)34)9-6-15-38-17-19-44-20-18-38/h2-5,7-8,10-13,25H,14-22H2,1H3. The van der Waals surface area contributed by atoms with Crippen molar-refractivity contribution in [3.63, 3.8) is 0 Å². The highest BCUT2D eigenvalue weighted by Gasteiger charge is 2.34. The van der Waals surface area contributed by atoms with Crippen molar-refractivity contribution in [3.8, 4) is 17.6 Å². The molecule has 1 unspecified atom stereocenters. The number of anilines is 1. The molecule has 3 heterocycles. The first-order chi connectivity index (χ1) is 21.3. The van der Waals surface area contributed by atoms with Crippen molar-refractivity contribution >= 4 is 16.7 Å². The van der Waals surface area contributed by atoms with Crippen LogP contribution in [0.15, 0.2) is 65.5 Å². The van der Waals surface area contributed by atoms with Gasteiger partial charge in [-0.1, -0.05) is 42.2 Å². The number of halogens is 4. The number of rotatable bonds is 6. The normalized spacial score (nSPS) is 17.6. The van der Waals surface area contributed by atoms with E-state index in [1.54, 1.807) is 34.9 Å². The van der Waals surface area contributed by atoms with Crippen LogP contribution in [-0.2, 0) is 17.5 Å². The molecular formula is C33H32F4N4O3. The van der Waals surface area contributed by atoms with E-state index in [9.17, 15) is 18.0 Å². The number of imidazole rings is 1. The molecule has 11 heteroatoms. The summed E-state index contributed by atoms with van der Waals surface area (Å²) in [4.78, 5) is 18.1. The quantitative estimate of drug-likeness (QED) is 0.224. The molecule has 4 aromatic rings. The number of fused-ring (bicyclic) bond motifs is 1. The Morgan fingerprint density at radius 1 is 1.00 bits per heavy atom. The van der Waals surface area contributed by atoms with Crippen LogP contribution in [0, 0.1) is 17.7 Å².